The molecule has 5 heteroatoms. The summed E-state index contributed by atoms with van der Waals surface area (Å²) in [7, 11) is 0. The number of Topliss-reactive ketones (excluding diaryl/α,β-unsaturated/α-hetero) is 1. The first-order chi connectivity index (χ1) is 10.9. The number of aliphatic imine (C=N–C) groups is 1. The summed E-state index contributed by atoms with van der Waals surface area (Å²) < 4.78 is 0. The van der Waals surface area contributed by atoms with Crippen LogP contribution in [-0.4, -0.2) is 22.1 Å². The molecule has 0 spiro atoms. The van der Waals surface area contributed by atoms with Crippen molar-refractivity contribution in [3.05, 3.63) is 47.0 Å². The van der Waals surface area contributed by atoms with Crippen LogP contribution in [0.25, 0.3) is 11.3 Å². The van der Waals surface area contributed by atoms with Crippen LogP contribution >= 0.6 is 11.3 Å². The van der Waals surface area contributed by atoms with E-state index in [0.717, 1.165) is 11.3 Å². The van der Waals surface area contributed by atoms with Crippen LogP contribution < -0.4 is 0 Å². The molecule has 0 radical (unpaired) electrons. The maximum Gasteiger partial charge on any atom is 0.209 e. The number of rotatable bonds is 3. The summed E-state index contributed by atoms with van der Waals surface area (Å²) in [5.41, 5.74) is 2.00. The van der Waals surface area contributed by atoms with E-state index in [1.165, 1.54) is 17.6 Å². The fourth-order valence-electron chi connectivity index (χ4n) is 2.63. The Balaban J connectivity index is 1.81. The maximum atomic E-state index is 12.1. The number of thiazole rings is 1. The van der Waals surface area contributed by atoms with Crippen LogP contribution in [0.5, 0.6) is 0 Å². The van der Waals surface area contributed by atoms with Gasteiger partial charge in [0.1, 0.15) is 5.76 Å². The highest BCUT2D eigenvalue weighted by Crippen LogP contribution is 2.35. The molecule has 0 saturated heterocycles. The fourth-order valence-corrected chi connectivity index (χ4v) is 3.30. The predicted octanol–water partition coefficient (Wildman–Crippen LogP) is 4.71. The van der Waals surface area contributed by atoms with Crippen LogP contribution in [0.4, 0.5) is 5.13 Å². The molecule has 23 heavy (non-hydrogen) atoms. The Morgan fingerprint density at radius 2 is 2.00 bits per heavy atom. The summed E-state index contributed by atoms with van der Waals surface area (Å²) in [5, 5.41) is 12.6. The highest BCUT2D eigenvalue weighted by Gasteiger charge is 2.32. The quantitative estimate of drug-likeness (QED) is 0.831. The first-order valence-corrected chi connectivity index (χ1v) is 8.33. The number of allylic oxidation sites excluding steroid dienone is 2. The third kappa shape index (κ3) is 3.56. The van der Waals surface area contributed by atoms with Crippen molar-refractivity contribution in [1.82, 2.24) is 4.98 Å². The highest BCUT2D eigenvalue weighted by atomic mass is 32.1. The largest absolute Gasteiger partial charge is 0.511 e. The van der Waals surface area contributed by atoms with Crippen LogP contribution in [-0.2, 0) is 4.79 Å². The van der Waals surface area contributed by atoms with Crippen LogP contribution in [0.2, 0.25) is 0 Å². The number of aliphatic hydroxyl groups is 1. The molecule has 0 amide bonds. The molecule has 2 aromatic rings. The molecule has 0 saturated carbocycles. The van der Waals surface area contributed by atoms with Crippen molar-refractivity contribution >= 4 is 28.5 Å². The van der Waals surface area contributed by atoms with Gasteiger partial charge in [-0.2, -0.15) is 0 Å². The van der Waals surface area contributed by atoms with Crippen molar-refractivity contribution in [1.29, 1.82) is 0 Å². The molecular formula is C18H18N2O2S. The number of benzene rings is 1. The van der Waals surface area contributed by atoms with Gasteiger partial charge in [0.05, 0.1) is 11.3 Å². The monoisotopic (exact) mass is 326 g/mol. The Bertz CT molecular complexity index is 788. The van der Waals surface area contributed by atoms with E-state index in [1.807, 2.05) is 49.6 Å². The van der Waals surface area contributed by atoms with E-state index in [0.29, 0.717) is 23.5 Å². The number of aliphatic hydroxyl groups excluding tert-OH is 1. The zero-order valence-corrected chi connectivity index (χ0v) is 13.9. The van der Waals surface area contributed by atoms with Crippen molar-refractivity contribution in [2.45, 2.75) is 26.7 Å². The molecule has 1 N–H and O–H groups in total. The van der Waals surface area contributed by atoms with Gasteiger partial charge in [0.25, 0.3) is 0 Å². The minimum atomic E-state index is -0.194. The lowest BCUT2D eigenvalue weighted by Gasteiger charge is -2.28. The SMILES string of the molecule is CC1(C)CC(=O)C(/C=N/c2nc(-c3ccccc3)cs2)=C(O)C1. The standard InChI is InChI=1S/C18H18N2O2S/c1-18(2)8-15(21)13(16(22)9-18)10-19-17-20-14(11-23-17)12-6-4-3-5-7-12/h3-7,10-11,21H,8-9H2,1-2H3/b19-10+. The molecule has 4 nitrogen and oxygen atoms in total. The summed E-state index contributed by atoms with van der Waals surface area (Å²) in [4.78, 5) is 20.9. The van der Waals surface area contributed by atoms with E-state index >= 15 is 0 Å². The smallest absolute Gasteiger partial charge is 0.209 e. The lowest BCUT2D eigenvalue weighted by molar-refractivity contribution is -0.117. The van der Waals surface area contributed by atoms with Gasteiger partial charge in [0, 0.05) is 30.0 Å². The lowest BCUT2D eigenvalue weighted by atomic mass is 9.77. The third-order valence-electron chi connectivity index (χ3n) is 3.76. The molecule has 1 heterocycles. The van der Waals surface area contributed by atoms with E-state index in [1.54, 1.807) is 0 Å². The Hall–Kier alpha value is -2.27. The molecule has 0 bridgehead atoms. The summed E-state index contributed by atoms with van der Waals surface area (Å²) in [6.07, 6.45) is 2.36. The van der Waals surface area contributed by atoms with Crippen molar-refractivity contribution in [3.8, 4) is 11.3 Å². The zero-order chi connectivity index (χ0) is 16.4. The van der Waals surface area contributed by atoms with Gasteiger partial charge in [-0.05, 0) is 5.41 Å². The van der Waals surface area contributed by atoms with Crippen LogP contribution in [0.15, 0.2) is 52.0 Å². The summed E-state index contributed by atoms with van der Waals surface area (Å²) >= 11 is 1.41. The third-order valence-corrected chi connectivity index (χ3v) is 4.51. The zero-order valence-electron chi connectivity index (χ0n) is 13.1. The summed E-state index contributed by atoms with van der Waals surface area (Å²) in [6, 6.07) is 9.86. The van der Waals surface area contributed by atoms with Crippen molar-refractivity contribution < 1.29 is 9.90 Å². The van der Waals surface area contributed by atoms with Gasteiger partial charge in [-0.25, -0.2) is 9.98 Å². The van der Waals surface area contributed by atoms with Crippen molar-refractivity contribution in [2.24, 2.45) is 10.4 Å². The molecule has 3 rings (SSSR count). The topological polar surface area (TPSA) is 62.5 Å². The van der Waals surface area contributed by atoms with Gasteiger partial charge >= 0.3 is 0 Å². The first kappa shape index (κ1) is 15.6. The minimum absolute atomic E-state index is 0.0673. The maximum absolute atomic E-state index is 12.1. The van der Waals surface area contributed by atoms with Gasteiger partial charge in [-0.3, -0.25) is 4.79 Å². The molecular weight excluding hydrogens is 308 g/mol. The van der Waals surface area contributed by atoms with Gasteiger partial charge in [-0.15, -0.1) is 11.3 Å². The number of hydrogen-bond donors (Lipinski definition) is 1. The molecule has 1 aliphatic carbocycles. The molecule has 0 atom stereocenters. The second kappa shape index (κ2) is 6.08. The Morgan fingerprint density at radius 3 is 2.70 bits per heavy atom. The van der Waals surface area contributed by atoms with Gasteiger partial charge in [-0.1, -0.05) is 44.2 Å². The molecule has 1 aromatic carbocycles. The van der Waals surface area contributed by atoms with Crippen LogP contribution in [0.1, 0.15) is 26.7 Å². The van der Waals surface area contributed by atoms with Gasteiger partial charge in [0.2, 0.25) is 5.13 Å². The average molecular weight is 326 g/mol. The Kier molecular flexibility index (Phi) is 4.13. The second-order valence-corrected chi connectivity index (χ2v) is 7.28. The van der Waals surface area contributed by atoms with E-state index in [9.17, 15) is 9.90 Å². The van der Waals surface area contributed by atoms with E-state index < -0.39 is 0 Å². The number of carbonyl (C=O) groups excluding carboxylic acids is 1. The first-order valence-electron chi connectivity index (χ1n) is 7.45. The molecule has 0 unspecified atom stereocenters. The number of carbonyl (C=O) groups is 1. The molecule has 1 aromatic heterocycles. The van der Waals surface area contributed by atoms with Crippen LogP contribution in [0, 0.1) is 5.41 Å². The van der Waals surface area contributed by atoms with Crippen molar-refractivity contribution in [3.63, 3.8) is 0 Å². The molecule has 0 fully saturated rings. The van der Waals surface area contributed by atoms with Gasteiger partial charge in [0.15, 0.2) is 5.78 Å². The number of aromatic nitrogens is 1. The minimum Gasteiger partial charge on any atom is -0.511 e. The summed E-state index contributed by atoms with van der Waals surface area (Å²) in [6.45, 7) is 3.95. The Morgan fingerprint density at radius 1 is 1.26 bits per heavy atom. The van der Waals surface area contributed by atoms with E-state index in [-0.39, 0.29) is 17.0 Å². The number of hydrogen-bond acceptors (Lipinski definition) is 5. The Labute approximate surface area is 139 Å². The normalized spacial score (nSPS) is 17.9. The lowest BCUT2D eigenvalue weighted by Crippen LogP contribution is -2.26. The predicted molar refractivity (Wildman–Crippen MR) is 93.4 cm³/mol. The van der Waals surface area contributed by atoms with Crippen LogP contribution in [0.3, 0.4) is 0 Å². The number of nitrogens with zero attached hydrogens (tertiary/aromatic N) is 2. The second-order valence-electron chi connectivity index (χ2n) is 6.44. The molecule has 1 aliphatic rings. The fraction of sp³-hybridized carbons (Fsp3) is 0.278. The number of ketones is 1. The van der Waals surface area contributed by atoms with Crippen molar-refractivity contribution in [2.75, 3.05) is 0 Å². The molecule has 118 valence electrons. The molecule has 0 aliphatic heterocycles. The van der Waals surface area contributed by atoms with E-state index in [2.05, 4.69) is 9.98 Å². The average Bonchev–Trinajstić information content (AvgIpc) is 2.95. The summed E-state index contributed by atoms with van der Waals surface area (Å²) in [5.74, 6) is 0.0529. The van der Waals surface area contributed by atoms with Gasteiger partial charge < -0.3 is 5.11 Å². The highest BCUT2D eigenvalue weighted by molar-refractivity contribution is 7.13. The van der Waals surface area contributed by atoms with E-state index in [4.69, 9.17) is 0 Å².